The number of aromatic nitrogens is 4. The molecule has 14 heteroatoms. The van der Waals surface area contributed by atoms with Crippen LogP contribution >= 0.6 is 23.5 Å². The van der Waals surface area contributed by atoms with Crippen molar-refractivity contribution in [2.45, 2.75) is 95.4 Å². The Bertz CT molecular complexity index is 1730. The molecule has 0 aromatic carbocycles. The van der Waals surface area contributed by atoms with Crippen LogP contribution in [-0.4, -0.2) is 80.2 Å². The number of hydrogen-bond donors (Lipinski definition) is 2. The zero-order valence-electron chi connectivity index (χ0n) is 29.3. The molecule has 1 aliphatic heterocycles. The van der Waals surface area contributed by atoms with E-state index in [4.69, 9.17) is 25.8 Å². The summed E-state index contributed by atoms with van der Waals surface area (Å²) in [5, 5.41) is 8.43. The van der Waals surface area contributed by atoms with Crippen molar-refractivity contribution in [2.75, 3.05) is 31.6 Å². The van der Waals surface area contributed by atoms with Crippen molar-refractivity contribution in [3.63, 3.8) is 0 Å². The van der Waals surface area contributed by atoms with Crippen LogP contribution in [-0.2, 0) is 9.47 Å². The van der Waals surface area contributed by atoms with Crippen molar-refractivity contribution < 1.29 is 23.8 Å². The molecule has 4 fully saturated rings. The third kappa shape index (κ3) is 7.27. The molecule has 3 aliphatic carbocycles. The van der Waals surface area contributed by atoms with Crippen LogP contribution in [0, 0.1) is 16.7 Å². The molecule has 268 valence electrons. The van der Waals surface area contributed by atoms with Crippen LogP contribution in [0.2, 0.25) is 5.15 Å². The number of halogens is 1. The Kier molecular flexibility index (Phi) is 9.21. The average molecular weight is 724 g/mol. The predicted octanol–water partition coefficient (Wildman–Crippen LogP) is 6.93. The molecular weight excluding hydrogens is 678 g/mol. The van der Waals surface area contributed by atoms with E-state index >= 15 is 0 Å². The van der Waals surface area contributed by atoms with Gasteiger partial charge in [0.05, 0.1) is 31.4 Å². The van der Waals surface area contributed by atoms with E-state index in [0.29, 0.717) is 59.7 Å². The topological polar surface area (TPSA) is 133 Å². The van der Waals surface area contributed by atoms with E-state index in [1.165, 1.54) is 25.7 Å². The van der Waals surface area contributed by atoms with Gasteiger partial charge < -0.3 is 24.4 Å². The molecule has 4 heterocycles. The highest BCUT2D eigenvalue weighted by molar-refractivity contribution is 7.97. The lowest BCUT2D eigenvalue weighted by molar-refractivity contribution is 0.0105. The second-order valence-electron chi connectivity index (χ2n) is 15.5. The third-order valence-corrected chi connectivity index (χ3v) is 11.6. The number of ether oxygens (including phenoxy) is 3. The number of nitrogens with zero attached hydrogens (tertiary/aromatic N) is 5. The first kappa shape index (κ1) is 34.9. The number of fused-ring (bicyclic) bond motifs is 1. The predicted molar refractivity (Wildman–Crippen MR) is 191 cm³/mol. The van der Waals surface area contributed by atoms with Crippen LogP contribution in [0.4, 0.5) is 10.6 Å². The van der Waals surface area contributed by atoms with E-state index in [0.717, 1.165) is 30.7 Å². The van der Waals surface area contributed by atoms with E-state index in [1.54, 1.807) is 34.0 Å². The molecule has 3 aromatic rings. The van der Waals surface area contributed by atoms with Crippen molar-refractivity contribution >= 4 is 41.4 Å². The molecule has 2 spiro atoms. The first-order valence-electron chi connectivity index (χ1n) is 17.4. The minimum Gasteiger partial charge on any atom is -0.477 e. The molecule has 7 rings (SSSR count). The molecule has 0 radical (unpaired) electrons. The number of hydrogen-bond acceptors (Lipinski definition) is 10. The second-order valence-corrected chi connectivity index (χ2v) is 16.7. The summed E-state index contributed by atoms with van der Waals surface area (Å²) in [6.45, 7) is 11.8. The van der Waals surface area contributed by atoms with Crippen molar-refractivity contribution in [3.8, 4) is 11.7 Å². The Balaban J connectivity index is 0.838. The molecule has 0 bridgehead atoms. The van der Waals surface area contributed by atoms with Gasteiger partial charge in [0, 0.05) is 36.3 Å². The van der Waals surface area contributed by atoms with E-state index in [1.807, 2.05) is 52.8 Å². The maximum atomic E-state index is 13.0. The van der Waals surface area contributed by atoms with Gasteiger partial charge in [-0.3, -0.25) is 9.52 Å². The van der Waals surface area contributed by atoms with Crippen molar-refractivity contribution in [1.82, 2.24) is 29.4 Å². The van der Waals surface area contributed by atoms with Crippen molar-refractivity contribution in [2.24, 2.45) is 16.7 Å². The smallest absolute Gasteiger partial charge is 0.410 e. The SMILES string of the molecule is CC(C)(C)OC(=O)N1CC(OCCNc2cccc(SNC(=O)c3ccc(-n4ccc(OCCC5C6(CC6)C56CC6)n4)nc3Cl)n2)CC1(C)C. The van der Waals surface area contributed by atoms with Crippen LogP contribution in [0.1, 0.15) is 83.5 Å². The van der Waals surface area contributed by atoms with Crippen LogP contribution in [0.5, 0.6) is 5.88 Å². The van der Waals surface area contributed by atoms with E-state index in [9.17, 15) is 9.59 Å². The first-order valence-corrected chi connectivity index (χ1v) is 18.6. The molecule has 1 atom stereocenters. The monoisotopic (exact) mass is 723 g/mol. The fourth-order valence-electron chi connectivity index (χ4n) is 7.93. The summed E-state index contributed by atoms with van der Waals surface area (Å²) in [4.78, 5) is 36.4. The Hall–Kier alpha value is -3.55. The number of rotatable bonds is 13. The maximum Gasteiger partial charge on any atom is 0.410 e. The second kappa shape index (κ2) is 13.2. The lowest BCUT2D eigenvalue weighted by Crippen LogP contribution is -2.45. The van der Waals surface area contributed by atoms with Gasteiger partial charge in [0.2, 0.25) is 5.88 Å². The number of carbonyl (C=O) groups is 2. The van der Waals surface area contributed by atoms with E-state index < -0.39 is 5.60 Å². The number of amides is 2. The summed E-state index contributed by atoms with van der Waals surface area (Å²) in [6.07, 6.45) is 8.82. The highest BCUT2D eigenvalue weighted by Crippen LogP contribution is 2.93. The summed E-state index contributed by atoms with van der Waals surface area (Å²) in [5.41, 5.74) is 0.700. The van der Waals surface area contributed by atoms with Crippen LogP contribution < -0.4 is 14.8 Å². The quantitative estimate of drug-likeness (QED) is 0.109. The van der Waals surface area contributed by atoms with Gasteiger partial charge >= 0.3 is 6.09 Å². The van der Waals surface area contributed by atoms with E-state index in [-0.39, 0.29) is 34.4 Å². The average Bonchev–Trinajstić information content (AvgIpc) is 4.01. The minimum atomic E-state index is -0.551. The minimum absolute atomic E-state index is 0.0695. The Morgan fingerprint density at radius 3 is 2.50 bits per heavy atom. The molecule has 2 amide bonds. The molecule has 3 saturated carbocycles. The molecular formula is C36H46ClN7O5S. The van der Waals surface area contributed by atoms with Gasteiger partial charge in [-0.05, 0) is 114 Å². The normalized spacial score (nSPS) is 20.9. The Morgan fingerprint density at radius 1 is 1.04 bits per heavy atom. The largest absolute Gasteiger partial charge is 0.477 e. The van der Waals surface area contributed by atoms with Crippen molar-refractivity contribution in [3.05, 3.63) is 53.3 Å². The molecule has 2 N–H and O–H groups in total. The van der Waals surface area contributed by atoms with Crippen molar-refractivity contribution in [1.29, 1.82) is 0 Å². The maximum absolute atomic E-state index is 13.0. The summed E-state index contributed by atoms with van der Waals surface area (Å²) in [5.74, 6) is 2.14. The van der Waals surface area contributed by atoms with Gasteiger partial charge in [-0.15, -0.1) is 5.10 Å². The highest BCUT2D eigenvalue weighted by Gasteiger charge is 2.85. The fraction of sp³-hybridized carbons (Fsp3) is 0.583. The number of nitrogens with one attached hydrogen (secondary N) is 2. The summed E-state index contributed by atoms with van der Waals surface area (Å²) in [7, 11) is 0. The van der Waals surface area contributed by atoms with Crippen LogP contribution in [0.25, 0.3) is 5.82 Å². The number of anilines is 1. The van der Waals surface area contributed by atoms with Gasteiger partial charge in [0.25, 0.3) is 5.91 Å². The van der Waals surface area contributed by atoms with Gasteiger partial charge in [0.1, 0.15) is 21.6 Å². The number of likely N-dealkylation sites (tertiary alicyclic amines) is 1. The zero-order chi connectivity index (χ0) is 35.3. The molecule has 1 unspecified atom stereocenters. The van der Waals surface area contributed by atoms with Gasteiger partial charge in [-0.2, -0.15) is 0 Å². The summed E-state index contributed by atoms with van der Waals surface area (Å²) < 4.78 is 22.0. The van der Waals surface area contributed by atoms with Crippen LogP contribution in [0.3, 0.4) is 0 Å². The molecule has 3 aromatic heterocycles. The molecule has 4 aliphatic rings. The third-order valence-electron chi connectivity index (χ3n) is 10.5. The molecule has 50 heavy (non-hydrogen) atoms. The van der Waals surface area contributed by atoms with Crippen LogP contribution in [0.15, 0.2) is 47.6 Å². The summed E-state index contributed by atoms with van der Waals surface area (Å²) in [6, 6.07) is 10.7. The fourth-order valence-corrected chi connectivity index (χ4v) is 8.76. The van der Waals surface area contributed by atoms with Gasteiger partial charge in [-0.25, -0.2) is 19.4 Å². The summed E-state index contributed by atoms with van der Waals surface area (Å²) >= 11 is 7.53. The Morgan fingerprint density at radius 2 is 1.80 bits per heavy atom. The zero-order valence-corrected chi connectivity index (χ0v) is 30.9. The lowest BCUT2D eigenvalue weighted by Gasteiger charge is -2.33. The number of carbonyl (C=O) groups excluding carboxylic acids is 2. The van der Waals surface area contributed by atoms with E-state index in [2.05, 4.69) is 25.1 Å². The molecule has 12 nitrogen and oxygen atoms in total. The standard InChI is InChI=1S/C36H46ClN7O5S/c1-33(2,3)49-32(46)43-22-23(21-34(43,4)5)47-20-17-38-26-7-6-8-29(39-26)50-42-31(45)24-9-10-27(40-30(24)37)44-18-11-28(41-44)48-19-12-25-35(13-14-35)36(25)15-16-36/h6-11,18,23,25H,12-17,19-22H2,1-5H3,(H,38,39)(H,42,45). The van der Waals surface area contributed by atoms with Gasteiger partial charge in [-0.1, -0.05) is 17.7 Å². The van der Waals surface area contributed by atoms with Gasteiger partial charge in [0.15, 0.2) is 5.82 Å². The number of pyridine rings is 2. The first-order chi connectivity index (χ1) is 23.8. The lowest BCUT2D eigenvalue weighted by atomic mass is 10.0. The molecule has 1 saturated heterocycles. The highest BCUT2D eigenvalue weighted by atomic mass is 35.5. The Labute approximate surface area is 302 Å².